The zero-order valence-corrected chi connectivity index (χ0v) is 10.1. The predicted octanol–water partition coefficient (Wildman–Crippen LogP) is 1.29. The van der Waals surface area contributed by atoms with Crippen molar-refractivity contribution in [2.75, 3.05) is 13.2 Å². The minimum Gasteiger partial charge on any atom is -0.474 e. The maximum Gasteiger partial charge on any atom is 0.213 e. The standard InChI is InChI=1S/C13H18N2O2/c1-9-2-3-13(14-6-9)17-12-4-10-7-16-8-11(5-12)15-10/h2-3,6,10-12,15H,4-5,7-8H2,1H3/t10-,11+,12-. The Balaban J connectivity index is 1.63. The second kappa shape index (κ2) is 4.63. The molecule has 3 heterocycles. The molecule has 1 aromatic rings. The summed E-state index contributed by atoms with van der Waals surface area (Å²) in [5.74, 6) is 0.737. The Morgan fingerprint density at radius 2 is 2.06 bits per heavy atom. The highest BCUT2D eigenvalue weighted by molar-refractivity contribution is 5.16. The average molecular weight is 234 g/mol. The molecule has 2 aliphatic heterocycles. The summed E-state index contributed by atoms with van der Waals surface area (Å²) in [6.07, 6.45) is 4.13. The van der Waals surface area contributed by atoms with E-state index in [9.17, 15) is 0 Å². The van der Waals surface area contributed by atoms with E-state index in [1.54, 1.807) is 0 Å². The molecule has 2 fully saturated rings. The summed E-state index contributed by atoms with van der Waals surface area (Å²) < 4.78 is 11.5. The van der Waals surface area contributed by atoms with Crippen LogP contribution >= 0.6 is 0 Å². The number of nitrogens with one attached hydrogen (secondary N) is 1. The number of ether oxygens (including phenoxy) is 2. The van der Waals surface area contributed by atoms with Gasteiger partial charge in [-0.15, -0.1) is 0 Å². The van der Waals surface area contributed by atoms with Crippen molar-refractivity contribution < 1.29 is 9.47 Å². The third-order valence-corrected chi connectivity index (χ3v) is 3.38. The molecule has 4 heteroatoms. The van der Waals surface area contributed by atoms with Crippen LogP contribution < -0.4 is 10.1 Å². The van der Waals surface area contributed by atoms with Crippen molar-refractivity contribution in [1.82, 2.24) is 10.3 Å². The lowest BCUT2D eigenvalue weighted by molar-refractivity contribution is -0.0132. The van der Waals surface area contributed by atoms with Gasteiger partial charge < -0.3 is 14.8 Å². The summed E-state index contributed by atoms with van der Waals surface area (Å²) in [6, 6.07) is 4.87. The summed E-state index contributed by atoms with van der Waals surface area (Å²) in [6.45, 7) is 3.64. The molecule has 0 spiro atoms. The first-order chi connectivity index (χ1) is 8.29. The summed E-state index contributed by atoms with van der Waals surface area (Å²) >= 11 is 0. The van der Waals surface area contributed by atoms with E-state index in [2.05, 4.69) is 10.3 Å². The summed E-state index contributed by atoms with van der Waals surface area (Å²) in [5.41, 5.74) is 1.16. The molecule has 17 heavy (non-hydrogen) atoms. The van der Waals surface area contributed by atoms with Gasteiger partial charge in [0.1, 0.15) is 6.10 Å². The second-order valence-corrected chi connectivity index (χ2v) is 4.98. The number of rotatable bonds is 2. The van der Waals surface area contributed by atoms with Gasteiger partial charge in [-0.05, 0) is 12.5 Å². The van der Waals surface area contributed by atoms with E-state index in [0.29, 0.717) is 12.1 Å². The molecule has 2 aliphatic rings. The van der Waals surface area contributed by atoms with Gasteiger partial charge in [-0.25, -0.2) is 4.98 Å². The Kier molecular flexibility index (Phi) is 2.99. The molecule has 2 bridgehead atoms. The maximum absolute atomic E-state index is 5.94. The lowest BCUT2D eigenvalue weighted by atomic mass is 9.95. The first-order valence-electron chi connectivity index (χ1n) is 6.23. The van der Waals surface area contributed by atoms with E-state index in [-0.39, 0.29) is 6.10 Å². The molecule has 2 saturated heterocycles. The first-order valence-corrected chi connectivity index (χ1v) is 6.23. The van der Waals surface area contributed by atoms with Gasteiger partial charge in [-0.3, -0.25) is 0 Å². The summed E-state index contributed by atoms with van der Waals surface area (Å²) in [7, 11) is 0. The van der Waals surface area contributed by atoms with Crippen LogP contribution in [0.1, 0.15) is 18.4 Å². The van der Waals surface area contributed by atoms with Crippen LogP contribution in [0.15, 0.2) is 18.3 Å². The smallest absolute Gasteiger partial charge is 0.213 e. The molecule has 3 rings (SSSR count). The molecular formula is C13H18N2O2. The van der Waals surface area contributed by atoms with Crippen molar-refractivity contribution in [2.24, 2.45) is 0 Å². The zero-order chi connectivity index (χ0) is 11.7. The third kappa shape index (κ3) is 2.58. The molecule has 0 unspecified atom stereocenters. The fourth-order valence-corrected chi connectivity index (χ4v) is 2.58. The van der Waals surface area contributed by atoms with Crippen LogP contribution in [0, 0.1) is 6.92 Å². The monoisotopic (exact) mass is 234 g/mol. The van der Waals surface area contributed by atoms with Gasteiger partial charge in [0.05, 0.1) is 13.2 Å². The van der Waals surface area contributed by atoms with E-state index < -0.39 is 0 Å². The van der Waals surface area contributed by atoms with Gasteiger partial charge >= 0.3 is 0 Å². The average Bonchev–Trinajstić information content (AvgIpc) is 2.32. The van der Waals surface area contributed by atoms with E-state index in [1.807, 2.05) is 25.3 Å². The molecule has 0 aliphatic carbocycles. The Labute approximate surface area is 101 Å². The second-order valence-electron chi connectivity index (χ2n) is 4.98. The number of hydrogen-bond acceptors (Lipinski definition) is 4. The lowest BCUT2D eigenvalue weighted by Crippen LogP contribution is -2.56. The van der Waals surface area contributed by atoms with Gasteiger partial charge in [0.2, 0.25) is 5.88 Å². The largest absolute Gasteiger partial charge is 0.474 e. The highest BCUT2D eigenvalue weighted by atomic mass is 16.5. The van der Waals surface area contributed by atoms with Crippen LogP contribution in [0.5, 0.6) is 5.88 Å². The normalized spacial score (nSPS) is 32.2. The number of hydrogen-bond donors (Lipinski definition) is 1. The Bertz CT molecular complexity index is 368. The van der Waals surface area contributed by atoms with Crippen molar-refractivity contribution in [1.29, 1.82) is 0 Å². The molecule has 92 valence electrons. The van der Waals surface area contributed by atoms with Gasteiger partial charge in [0, 0.05) is 37.2 Å². The highest BCUT2D eigenvalue weighted by Gasteiger charge is 2.32. The SMILES string of the molecule is Cc1ccc(O[C@H]2C[C@H]3COC[C@@H](C2)N3)nc1. The first kappa shape index (κ1) is 11.0. The van der Waals surface area contributed by atoms with Crippen LogP contribution in [0.3, 0.4) is 0 Å². The minimum absolute atomic E-state index is 0.269. The Morgan fingerprint density at radius 1 is 1.29 bits per heavy atom. The molecule has 1 aromatic heterocycles. The topological polar surface area (TPSA) is 43.4 Å². The van der Waals surface area contributed by atoms with Crippen molar-refractivity contribution >= 4 is 0 Å². The van der Waals surface area contributed by atoms with Crippen molar-refractivity contribution in [2.45, 2.75) is 38.0 Å². The fourth-order valence-electron chi connectivity index (χ4n) is 2.58. The van der Waals surface area contributed by atoms with Crippen LogP contribution in [0.25, 0.3) is 0 Å². The van der Waals surface area contributed by atoms with E-state index in [1.165, 1.54) is 0 Å². The number of aromatic nitrogens is 1. The van der Waals surface area contributed by atoms with Crippen LogP contribution in [-0.2, 0) is 4.74 Å². The van der Waals surface area contributed by atoms with Crippen molar-refractivity contribution in [3.8, 4) is 5.88 Å². The molecule has 0 radical (unpaired) electrons. The Hall–Kier alpha value is -1.13. The van der Waals surface area contributed by atoms with Crippen molar-refractivity contribution in [3.63, 3.8) is 0 Å². The summed E-state index contributed by atoms with van der Waals surface area (Å²) in [5, 5.41) is 3.55. The molecule has 0 amide bonds. The molecule has 3 atom stereocenters. The quantitative estimate of drug-likeness (QED) is 0.837. The summed E-state index contributed by atoms with van der Waals surface area (Å²) in [4.78, 5) is 4.29. The third-order valence-electron chi connectivity index (χ3n) is 3.38. The Morgan fingerprint density at radius 3 is 2.71 bits per heavy atom. The van der Waals surface area contributed by atoms with Gasteiger partial charge in [0.15, 0.2) is 0 Å². The fraction of sp³-hybridized carbons (Fsp3) is 0.615. The number of pyridine rings is 1. The van der Waals surface area contributed by atoms with Crippen LogP contribution in [0.2, 0.25) is 0 Å². The molecule has 0 aromatic carbocycles. The van der Waals surface area contributed by atoms with Crippen LogP contribution in [0.4, 0.5) is 0 Å². The van der Waals surface area contributed by atoms with E-state index in [0.717, 1.165) is 37.5 Å². The van der Waals surface area contributed by atoms with Gasteiger partial charge in [0.25, 0.3) is 0 Å². The molecule has 4 nitrogen and oxygen atoms in total. The molecule has 1 N–H and O–H groups in total. The minimum atomic E-state index is 0.269. The number of piperidine rings is 1. The maximum atomic E-state index is 5.94. The predicted molar refractivity (Wildman–Crippen MR) is 64.2 cm³/mol. The van der Waals surface area contributed by atoms with Gasteiger partial charge in [-0.2, -0.15) is 0 Å². The number of aryl methyl sites for hydroxylation is 1. The number of fused-ring (bicyclic) bond motifs is 2. The number of morpholine rings is 1. The van der Waals surface area contributed by atoms with Crippen LogP contribution in [-0.4, -0.2) is 36.4 Å². The number of nitrogens with zero attached hydrogens (tertiary/aromatic N) is 1. The highest BCUT2D eigenvalue weighted by Crippen LogP contribution is 2.22. The van der Waals surface area contributed by atoms with Crippen molar-refractivity contribution in [3.05, 3.63) is 23.9 Å². The van der Waals surface area contributed by atoms with E-state index >= 15 is 0 Å². The zero-order valence-electron chi connectivity index (χ0n) is 10.1. The van der Waals surface area contributed by atoms with E-state index in [4.69, 9.17) is 9.47 Å². The molecular weight excluding hydrogens is 216 g/mol. The molecule has 0 saturated carbocycles. The lowest BCUT2D eigenvalue weighted by Gasteiger charge is -2.39. The van der Waals surface area contributed by atoms with Gasteiger partial charge in [-0.1, -0.05) is 6.07 Å².